The largest absolute Gasteiger partial charge is 0.0836 e. The summed E-state index contributed by atoms with van der Waals surface area (Å²) in [6.07, 6.45) is 13.7. The molecule has 0 spiro atoms. The van der Waals surface area contributed by atoms with Gasteiger partial charge in [0.05, 0.1) is 0 Å². The molecule has 0 heterocycles. The number of hydrogen-bond donors (Lipinski definition) is 0. The number of benzene rings is 5. The van der Waals surface area contributed by atoms with Crippen molar-refractivity contribution in [2.45, 2.75) is 12.8 Å². The van der Waals surface area contributed by atoms with Gasteiger partial charge < -0.3 is 0 Å². The van der Waals surface area contributed by atoms with Crippen molar-refractivity contribution in [2.24, 2.45) is 0 Å². The quantitative estimate of drug-likeness (QED) is 0.190. The van der Waals surface area contributed by atoms with Gasteiger partial charge in [-0.05, 0) is 80.7 Å². The first-order valence-corrected chi connectivity index (χ1v) is 14.0. The van der Waals surface area contributed by atoms with E-state index in [0.29, 0.717) is 0 Å². The minimum atomic E-state index is 1.10. The fourth-order valence-electron chi connectivity index (χ4n) is 5.21. The highest BCUT2D eigenvalue weighted by molar-refractivity contribution is 5.93. The monoisotopic (exact) mass is 512 g/mol. The second-order valence-electron chi connectivity index (χ2n) is 10.1. The molecule has 5 aromatic carbocycles. The van der Waals surface area contributed by atoms with Crippen molar-refractivity contribution < 1.29 is 0 Å². The van der Waals surface area contributed by atoms with Gasteiger partial charge in [0.15, 0.2) is 0 Å². The summed E-state index contributed by atoms with van der Waals surface area (Å²) in [5.74, 6) is 0. The van der Waals surface area contributed by atoms with E-state index in [1.807, 2.05) is 0 Å². The van der Waals surface area contributed by atoms with Crippen LogP contribution in [-0.2, 0) is 0 Å². The highest BCUT2D eigenvalue weighted by Crippen LogP contribution is 2.31. The Hall–Kier alpha value is -4.94. The molecular weight excluding hydrogens is 480 g/mol. The third-order valence-electron chi connectivity index (χ3n) is 7.34. The van der Waals surface area contributed by atoms with Gasteiger partial charge in [0.1, 0.15) is 0 Å². The van der Waals surface area contributed by atoms with E-state index < -0.39 is 0 Å². The highest BCUT2D eigenvalue weighted by Gasteiger charge is 2.09. The van der Waals surface area contributed by atoms with E-state index in [2.05, 4.69) is 170 Å². The van der Waals surface area contributed by atoms with Gasteiger partial charge in [-0.2, -0.15) is 0 Å². The number of allylic oxidation sites excluding steroid dienone is 5. The molecule has 1 aliphatic rings. The van der Waals surface area contributed by atoms with Crippen LogP contribution >= 0.6 is 0 Å². The normalized spacial score (nSPS) is 13.0. The van der Waals surface area contributed by atoms with Crippen LogP contribution in [0.5, 0.6) is 0 Å². The summed E-state index contributed by atoms with van der Waals surface area (Å²) in [6, 6.07) is 49.7. The summed E-state index contributed by atoms with van der Waals surface area (Å²) in [4.78, 5) is 0. The van der Waals surface area contributed by atoms with Crippen LogP contribution in [-0.4, -0.2) is 0 Å². The molecule has 0 aliphatic heterocycles. The van der Waals surface area contributed by atoms with E-state index in [1.54, 1.807) is 0 Å². The minimum Gasteiger partial charge on any atom is -0.0836 e. The van der Waals surface area contributed by atoms with Crippen molar-refractivity contribution in [3.8, 4) is 11.1 Å². The molecule has 0 nitrogen and oxygen atoms in total. The zero-order valence-corrected chi connectivity index (χ0v) is 22.6. The van der Waals surface area contributed by atoms with Crippen molar-refractivity contribution in [1.29, 1.82) is 0 Å². The molecule has 0 heteroatoms. The van der Waals surface area contributed by atoms with Gasteiger partial charge in [-0.25, -0.2) is 0 Å². The summed E-state index contributed by atoms with van der Waals surface area (Å²) < 4.78 is 0. The Bertz CT molecular complexity index is 1620. The third kappa shape index (κ3) is 6.03. The first-order chi connectivity index (χ1) is 19.8. The molecule has 0 fully saturated rings. The summed E-state index contributed by atoms with van der Waals surface area (Å²) >= 11 is 0. The van der Waals surface area contributed by atoms with Crippen LogP contribution in [0.2, 0.25) is 0 Å². The average Bonchev–Trinajstić information content (AvgIpc) is 3.05. The molecule has 0 unspecified atom stereocenters. The lowest BCUT2D eigenvalue weighted by Gasteiger charge is -2.13. The molecular formula is C40H32. The fourth-order valence-corrected chi connectivity index (χ4v) is 5.21. The molecule has 0 saturated carbocycles. The Kier molecular flexibility index (Phi) is 7.78. The summed E-state index contributed by atoms with van der Waals surface area (Å²) in [5.41, 5.74) is 12.3. The number of hydrogen-bond acceptors (Lipinski definition) is 0. The maximum absolute atomic E-state index is 2.35. The third-order valence-corrected chi connectivity index (χ3v) is 7.34. The van der Waals surface area contributed by atoms with E-state index in [0.717, 1.165) is 12.8 Å². The van der Waals surface area contributed by atoms with Crippen molar-refractivity contribution in [2.75, 3.05) is 0 Å². The SMILES string of the molecule is C1=CC(/C(=C/c2ccc(-c3ccc(C=C(c4ccccc4)c4ccccc4)cc3)cc2)c2ccccc2)=CCC1. The van der Waals surface area contributed by atoms with Crippen LogP contribution < -0.4 is 0 Å². The maximum Gasteiger partial charge on any atom is -0.0105 e. The zero-order valence-electron chi connectivity index (χ0n) is 22.6. The Morgan fingerprint density at radius 2 is 0.850 bits per heavy atom. The summed E-state index contributed by atoms with van der Waals surface area (Å²) in [6.45, 7) is 0. The molecule has 5 aromatic rings. The molecule has 0 aromatic heterocycles. The lowest BCUT2D eigenvalue weighted by atomic mass is 9.92. The topological polar surface area (TPSA) is 0 Å². The molecule has 40 heavy (non-hydrogen) atoms. The Balaban J connectivity index is 1.27. The molecule has 6 rings (SSSR count). The van der Waals surface area contributed by atoms with Crippen LogP contribution in [0.15, 0.2) is 163 Å². The van der Waals surface area contributed by atoms with Gasteiger partial charge in [0.25, 0.3) is 0 Å². The second kappa shape index (κ2) is 12.3. The first-order valence-electron chi connectivity index (χ1n) is 14.0. The zero-order chi connectivity index (χ0) is 27.0. The van der Waals surface area contributed by atoms with Crippen LogP contribution in [0.25, 0.3) is 34.4 Å². The lowest BCUT2D eigenvalue weighted by molar-refractivity contribution is 1.03. The molecule has 0 bridgehead atoms. The van der Waals surface area contributed by atoms with Crippen molar-refractivity contribution in [3.63, 3.8) is 0 Å². The van der Waals surface area contributed by atoms with Gasteiger partial charge in [0, 0.05) is 0 Å². The predicted molar refractivity (Wildman–Crippen MR) is 173 cm³/mol. The molecule has 192 valence electrons. The Labute approximate surface area is 238 Å². The van der Waals surface area contributed by atoms with Gasteiger partial charge in [-0.15, -0.1) is 0 Å². The van der Waals surface area contributed by atoms with Gasteiger partial charge >= 0.3 is 0 Å². The Morgan fingerprint density at radius 1 is 0.425 bits per heavy atom. The molecule has 1 aliphatic carbocycles. The first kappa shape index (κ1) is 25.3. The van der Waals surface area contributed by atoms with E-state index in [1.165, 1.54) is 55.7 Å². The van der Waals surface area contributed by atoms with Crippen LogP contribution in [0.3, 0.4) is 0 Å². The summed E-state index contributed by atoms with van der Waals surface area (Å²) in [5, 5.41) is 0. The lowest BCUT2D eigenvalue weighted by Crippen LogP contribution is -1.91. The summed E-state index contributed by atoms with van der Waals surface area (Å²) in [7, 11) is 0. The highest BCUT2D eigenvalue weighted by atomic mass is 14.1. The molecule has 0 N–H and O–H groups in total. The van der Waals surface area contributed by atoms with Gasteiger partial charge in [-0.3, -0.25) is 0 Å². The minimum absolute atomic E-state index is 1.10. The smallest absolute Gasteiger partial charge is 0.0105 e. The molecule has 0 saturated heterocycles. The maximum atomic E-state index is 2.35. The van der Waals surface area contributed by atoms with Gasteiger partial charge in [-0.1, -0.05) is 158 Å². The Morgan fingerprint density at radius 3 is 1.27 bits per heavy atom. The number of rotatable bonds is 7. The van der Waals surface area contributed by atoms with Crippen molar-refractivity contribution in [1.82, 2.24) is 0 Å². The van der Waals surface area contributed by atoms with Crippen LogP contribution in [0.1, 0.15) is 40.7 Å². The fraction of sp³-hybridized carbons (Fsp3) is 0.0500. The van der Waals surface area contributed by atoms with E-state index in [-0.39, 0.29) is 0 Å². The van der Waals surface area contributed by atoms with Crippen LogP contribution in [0.4, 0.5) is 0 Å². The van der Waals surface area contributed by atoms with Crippen molar-refractivity contribution >= 4 is 23.3 Å². The van der Waals surface area contributed by atoms with Gasteiger partial charge in [0.2, 0.25) is 0 Å². The van der Waals surface area contributed by atoms with E-state index >= 15 is 0 Å². The second-order valence-corrected chi connectivity index (χ2v) is 10.1. The predicted octanol–water partition coefficient (Wildman–Crippen LogP) is 10.8. The average molecular weight is 513 g/mol. The van der Waals surface area contributed by atoms with Crippen LogP contribution in [0, 0.1) is 0 Å². The molecule has 0 atom stereocenters. The van der Waals surface area contributed by atoms with E-state index in [9.17, 15) is 0 Å². The van der Waals surface area contributed by atoms with Crippen molar-refractivity contribution in [3.05, 3.63) is 191 Å². The van der Waals surface area contributed by atoms with E-state index in [4.69, 9.17) is 0 Å². The standard InChI is InChI=1S/C40H32/c1-5-13-35(14-6-1)39(36-15-7-2-8-16-36)29-31-21-25-33(26-22-31)34-27-23-32(24-28-34)30-40(37-17-9-3-10-18-37)38-19-11-4-12-20-38/h1-3,5-11,13-30H,4,12H2/b40-30+. The molecule has 0 radical (unpaired) electrons. The molecule has 0 amide bonds.